The van der Waals surface area contributed by atoms with Crippen molar-refractivity contribution in [2.24, 2.45) is 0 Å². The molecule has 0 aliphatic rings. The number of hydrogen-bond acceptors (Lipinski definition) is 3. The van der Waals surface area contributed by atoms with E-state index in [0.717, 1.165) is 37.6 Å². The van der Waals surface area contributed by atoms with Crippen molar-refractivity contribution >= 4 is 0 Å². The Labute approximate surface area is 103 Å². The summed E-state index contributed by atoms with van der Waals surface area (Å²) in [4.78, 5) is 0. The quantitative estimate of drug-likeness (QED) is 0.527. The van der Waals surface area contributed by atoms with Crippen LogP contribution in [0.1, 0.15) is 13.3 Å². The number of rotatable bonds is 9. The molecule has 0 unspecified atom stereocenters. The van der Waals surface area contributed by atoms with Crippen molar-refractivity contribution in [2.75, 3.05) is 26.3 Å². The summed E-state index contributed by atoms with van der Waals surface area (Å²) in [5.74, 6) is 1.76. The Hall–Kier alpha value is -1.48. The Morgan fingerprint density at radius 1 is 1.12 bits per heavy atom. The molecule has 1 rings (SSSR count). The highest BCUT2D eigenvalue weighted by Gasteiger charge is 1.95. The van der Waals surface area contributed by atoms with Gasteiger partial charge >= 0.3 is 0 Å². The fourth-order valence-electron chi connectivity index (χ4n) is 1.30. The molecule has 0 aliphatic heterocycles. The van der Waals surface area contributed by atoms with E-state index in [1.54, 1.807) is 0 Å². The van der Waals surface area contributed by atoms with E-state index in [4.69, 9.17) is 9.47 Å². The Kier molecular flexibility index (Phi) is 6.91. The summed E-state index contributed by atoms with van der Waals surface area (Å²) in [5.41, 5.74) is 0. The fourth-order valence-corrected chi connectivity index (χ4v) is 1.30. The molecule has 94 valence electrons. The van der Waals surface area contributed by atoms with Crippen molar-refractivity contribution in [1.29, 1.82) is 0 Å². The molecule has 0 spiro atoms. The third kappa shape index (κ3) is 5.97. The minimum Gasteiger partial charge on any atom is -0.494 e. The summed E-state index contributed by atoms with van der Waals surface area (Å²) in [6.07, 6.45) is 2.85. The van der Waals surface area contributed by atoms with Gasteiger partial charge < -0.3 is 14.8 Å². The molecule has 0 bridgehead atoms. The second-order valence-electron chi connectivity index (χ2n) is 3.66. The average molecular weight is 235 g/mol. The Morgan fingerprint density at radius 2 is 1.71 bits per heavy atom. The molecule has 1 aromatic rings. The van der Waals surface area contributed by atoms with Gasteiger partial charge in [0.15, 0.2) is 0 Å². The lowest BCUT2D eigenvalue weighted by Crippen LogP contribution is -2.20. The van der Waals surface area contributed by atoms with Crippen molar-refractivity contribution in [3.05, 3.63) is 36.9 Å². The first-order valence-electron chi connectivity index (χ1n) is 6.04. The summed E-state index contributed by atoms with van der Waals surface area (Å²) < 4.78 is 11.0. The molecule has 0 saturated carbocycles. The standard InChI is InChI=1S/C14H21NO2/c1-3-9-15-10-12-17-14-7-5-13(6-8-14)16-11-4-2/h3,5-8,15H,1,4,9-12H2,2H3. The highest BCUT2D eigenvalue weighted by atomic mass is 16.5. The molecule has 17 heavy (non-hydrogen) atoms. The molecule has 0 atom stereocenters. The van der Waals surface area contributed by atoms with Crippen LogP contribution in [0.5, 0.6) is 11.5 Å². The monoisotopic (exact) mass is 235 g/mol. The SMILES string of the molecule is C=CCNCCOc1ccc(OCCC)cc1. The molecule has 0 aliphatic carbocycles. The Bertz CT molecular complexity index is 309. The molecular formula is C14H21NO2. The minimum atomic E-state index is 0.656. The van der Waals surface area contributed by atoms with Crippen molar-refractivity contribution in [1.82, 2.24) is 5.32 Å². The first-order valence-corrected chi connectivity index (χ1v) is 6.04. The number of ether oxygens (including phenoxy) is 2. The maximum Gasteiger partial charge on any atom is 0.119 e. The lowest BCUT2D eigenvalue weighted by atomic mass is 10.3. The zero-order valence-corrected chi connectivity index (χ0v) is 10.4. The van der Waals surface area contributed by atoms with E-state index in [2.05, 4.69) is 18.8 Å². The van der Waals surface area contributed by atoms with Gasteiger partial charge in [0.25, 0.3) is 0 Å². The normalized spacial score (nSPS) is 9.94. The van der Waals surface area contributed by atoms with Gasteiger partial charge in [-0.05, 0) is 30.7 Å². The molecule has 0 saturated heterocycles. The second kappa shape index (κ2) is 8.65. The molecule has 3 heteroatoms. The van der Waals surface area contributed by atoms with Crippen LogP contribution >= 0.6 is 0 Å². The number of nitrogens with one attached hydrogen (secondary N) is 1. The van der Waals surface area contributed by atoms with Gasteiger partial charge in [-0.15, -0.1) is 6.58 Å². The van der Waals surface area contributed by atoms with Gasteiger partial charge in [-0.2, -0.15) is 0 Å². The van der Waals surface area contributed by atoms with Crippen molar-refractivity contribution in [3.63, 3.8) is 0 Å². The van der Waals surface area contributed by atoms with Crippen LogP contribution in [0.4, 0.5) is 0 Å². The molecule has 3 nitrogen and oxygen atoms in total. The number of hydrogen-bond donors (Lipinski definition) is 1. The van der Waals surface area contributed by atoms with Crippen LogP contribution in [-0.4, -0.2) is 26.3 Å². The zero-order valence-electron chi connectivity index (χ0n) is 10.4. The summed E-state index contributed by atoms with van der Waals surface area (Å²) in [7, 11) is 0. The summed E-state index contributed by atoms with van der Waals surface area (Å²) in [5, 5.41) is 3.18. The molecular weight excluding hydrogens is 214 g/mol. The van der Waals surface area contributed by atoms with Crippen LogP contribution in [0.15, 0.2) is 36.9 Å². The van der Waals surface area contributed by atoms with Crippen LogP contribution in [0.2, 0.25) is 0 Å². The van der Waals surface area contributed by atoms with E-state index in [1.807, 2.05) is 30.3 Å². The van der Waals surface area contributed by atoms with Crippen LogP contribution < -0.4 is 14.8 Å². The molecule has 0 radical (unpaired) electrons. The third-order valence-corrected chi connectivity index (χ3v) is 2.13. The van der Waals surface area contributed by atoms with Crippen molar-refractivity contribution in [3.8, 4) is 11.5 Å². The lowest BCUT2D eigenvalue weighted by molar-refractivity contribution is 0.308. The van der Waals surface area contributed by atoms with Gasteiger partial charge in [0, 0.05) is 13.1 Å². The highest BCUT2D eigenvalue weighted by Crippen LogP contribution is 2.17. The maximum absolute atomic E-state index is 5.56. The van der Waals surface area contributed by atoms with Crippen LogP contribution in [0, 0.1) is 0 Å². The zero-order chi connectivity index (χ0) is 12.3. The van der Waals surface area contributed by atoms with Crippen molar-refractivity contribution < 1.29 is 9.47 Å². The smallest absolute Gasteiger partial charge is 0.119 e. The van der Waals surface area contributed by atoms with Gasteiger partial charge in [0.1, 0.15) is 18.1 Å². The summed E-state index contributed by atoms with van der Waals surface area (Å²) in [6.45, 7) is 8.77. The largest absolute Gasteiger partial charge is 0.494 e. The molecule has 0 fully saturated rings. The fraction of sp³-hybridized carbons (Fsp3) is 0.429. The predicted molar refractivity (Wildman–Crippen MR) is 70.8 cm³/mol. The molecule has 0 heterocycles. The average Bonchev–Trinajstić information content (AvgIpc) is 2.37. The van der Waals surface area contributed by atoms with Crippen LogP contribution in [0.3, 0.4) is 0 Å². The summed E-state index contributed by atoms with van der Waals surface area (Å²) in [6, 6.07) is 7.72. The van der Waals surface area contributed by atoms with Gasteiger partial charge in [0.05, 0.1) is 6.61 Å². The van der Waals surface area contributed by atoms with Gasteiger partial charge in [-0.3, -0.25) is 0 Å². The van der Waals surface area contributed by atoms with E-state index in [-0.39, 0.29) is 0 Å². The van der Waals surface area contributed by atoms with Gasteiger partial charge in [-0.25, -0.2) is 0 Å². The van der Waals surface area contributed by atoms with Gasteiger partial charge in [-0.1, -0.05) is 13.0 Å². The first kappa shape index (κ1) is 13.6. The summed E-state index contributed by atoms with van der Waals surface area (Å²) >= 11 is 0. The van der Waals surface area contributed by atoms with Crippen LogP contribution in [-0.2, 0) is 0 Å². The molecule has 1 aromatic carbocycles. The topological polar surface area (TPSA) is 30.5 Å². The van der Waals surface area contributed by atoms with Gasteiger partial charge in [0.2, 0.25) is 0 Å². The van der Waals surface area contributed by atoms with E-state index in [0.29, 0.717) is 6.61 Å². The predicted octanol–water partition coefficient (Wildman–Crippen LogP) is 2.63. The van der Waals surface area contributed by atoms with Crippen molar-refractivity contribution in [2.45, 2.75) is 13.3 Å². The third-order valence-electron chi connectivity index (χ3n) is 2.13. The van der Waals surface area contributed by atoms with E-state index in [1.165, 1.54) is 0 Å². The number of benzene rings is 1. The first-order chi connectivity index (χ1) is 8.36. The van der Waals surface area contributed by atoms with E-state index in [9.17, 15) is 0 Å². The highest BCUT2D eigenvalue weighted by molar-refractivity contribution is 5.31. The minimum absolute atomic E-state index is 0.656. The molecule has 0 aromatic heterocycles. The second-order valence-corrected chi connectivity index (χ2v) is 3.66. The van der Waals surface area contributed by atoms with E-state index < -0.39 is 0 Å². The van der Waals surface area contributed by atoms with Crippen LogP contribution in [0.25, 0.3) is 0 Å². The molecule has 1 N–H and O–H groups in total. The Balaban J connectivity index is 2.23. The molecule has 0 amide bonds. The van der Waals surface area contributed by atoms with E-state index >= 15 is 0 Å². The lowest BCUT2D eigenvalue weighted by Gasteiger charge is -2.08. The Morgan fingerprint density at radius 3 is 2.24 bits per heavy atom. The maximum atomic E-state index is 5.56.